The van der Waals surface area contributed by atoms with Crippen LogP contribution in [0.5, 0.6) is 5.75 Å². The second-order valence-corrected chi connectivity index (χ2v) is 4.47. The molecule has 2 aromatic rings. The number of benzene rings is 2. The molecule has 0 aliphatic carbocycles. The van der Waals surface area contributed by atoms with Gasteiger partial charge >= 0.3 is 0 Å². The van der Waals surface area contributed by atoms with Gasteiger partial charge in [0.05, 0.1) is 0 Å². The van der Waals surface area contributed by atoms with Gasteiger partial charge in [-0.2, -0.15) is 0 Å². The minimum atomic E-state index is -1.26. The molecule has 0 heterocycles. The van der Waals surface area contributed by atoms with Gasteiger partial charge < -0.3 is 4.74 Å². The molecule has 0 aliphatic rings. The van der Waals surface area contributed by atoms with E-state index in [2.05, 4.69) is 11.7 Å². The molecular formula is C16H15F3O. The molecule has 4 heteroatoms. The Labute approximate surface area is 116 Å². The van der Waals surface area contributed by atoms with Gasteiger partial charge in [0.15, 0.2) is 17.4 Å². The molecule has 106 valence electrons. The molecule has 0 spiro atoms. The largest absolute Gasteiger partial charge is 0.457 e. The van der Waals surface area contributed by atoms with Crippen LogP contribution in [0.15, 0.2) is 36.4 Å². The molecule has 0 amide bonds. The lowest BCUT2D eigenvalue weighted by molar-refractivity contribution is 0.176. The zero-order chi connectivity index (χ0) is 14.5. The van der Waals surface area contributed by atoms with Crippen molar-refractivity contribution in [2.75, 3.05) is 6.86 Å². The lowest BCUT2D eigenvalue weighted by Crippen LogP contribution is -1.97. The molecule has 1 nitrogen and oxygen atoms in total. The Morgan fingerprint density at radius 3 is 2.05 bits per heavy atom. The zero-order valence-electron chi connectivity index (χ0n) is 11.1. The molecule has 0 radical (unpaired) electrons. The highest BCUT2D eigenvalue weighted by Crippen LogP contribution is 2.29. The van der Waals surface area contributed by atoms with Crippen LogP contribution in [-0.4, -0.2) is 6.86 Å². The number of alkyl halides is 1. The Hall–Kier alpha value is -1.97. The minimum absolute atomic E-state index is 0.397. The fraction of sp³-hybridized carbons (Fsp3) is 0.250. The van der Waals surface area contributed by atoms with E-state index in [0.717, 1.165) is 25.0 Å². The first-order valence-electron chi connectivity index (χ1n) is 6.42. The number of ether oxygens (including phenoxy) is 1. The molecule has 2 aromatic carbocycles. The maximum Gasteiger partial charge on any atom is 0.228 e. The standard InChI is InChI=1S/C16H15F3O/c1-2-3-11-4-6-12(7-5-11)13-8-14(18)16(20-10-17)15(19)9-13/h4-9H,2-3,10H2,1H3. The van der Waals surface area contributed by atoms with E-state index in [4.69, 9.17) is 0 Å². The van der Waals surface area contributed by atoms with Crippen molar-refractivity contribution in [3.05, 3.63) is 53.6 Å². The maximum atomic E-state index is 13.7. The molecule has 0 saturated heterocycles. The third-order valence-electron chi connectivity index (χ3n) is 3.02. The van der Waals surface area contributed by atoms with Crippen LogP contribution < -0.4 is 4.74 Å². The van der Waals surface area contributed by atoms with Gasteiger partial charge in [-0.05, 0) is 35.2 Å². The van der Waals surface area contributed by atoms with Gasteiger partial charge in [0, 0.05) is 0 Å². The smallest absolute Gasteiger partial charge is 0.228 e. The summed E-state index contributed by atoms with van der Waals surface area (Å²) in [7, 11) is 0. The van der Waals surface area contributed by atoms with Crippen molar-refractivity contribution in [1.82, 2.24) is 0 Å². The first kappa shape index (κ1) is 14.4. The molecule has 20 heavy (non-hydrogen) atoms. The summed E-state index contributed by atoms with van der Waals surface area (Å²) in [6.07, 6.45) is 2.00. The molecule has 0 N–H and O–H groups in total. The van der Waals surface area contributed by atoms with Gasteiger partial charge in [-0.1, -0.05) is 37.6 Å². The summed E-state index contributed by atoms with van der Waals surface area (Å²) in [5.74, 6) is -2.50. The van der Waals surface area contributed by atoms with Crippen LogP contribution in [-0.2, 0) is 6.42 Å². The number of hydrogen-bond donors (Lipinski definition) is 0. The number of halogens is 3. The third-order valence-corrected chi connectivity index (χ3v) is 3.02. The minimum Gasteiger partial charge on any atom is -0.457 e. The monoisotopic (exact) mass is 280 g/mol. The van der Waals surface area contributed by atoms with Crippen molar-refractivity contribution in [1.29, 1.82) is 0 Å². The van der Waals surface area contributed by atoms with Gasteiger partial charge in [0.1, 0.15) is 0 Å². The molecule has 0 aromatic heterocycles. The van der Waals surface area contributed by atoms with Crippen LogP contribution in [0.4, 0.5) is 13.2 Å². The fourth-order valence-corrected chi connectivity index (χ4v) is 2.07. The lowest BCUT2D eigenvalue weighted by atomic mass is 10.0. The van der Waals surface area contributed by atoms with Gasteiger partial charge in [-0.3, -0.25) is 0 Å². The van der Waals surface area contributed by atoms with E-state index in [-0.39, 0.29) is 0 Å². The predicted octanol–water partition coefficient (Wildman–Crippen LogP) is 4.89. The molecule has 0 saturated carbocycles. The van der Waals surface area contributed by atoms with E-state index in [0.29, 0.717) is 11.1 Å². The average Bonchev–Trinajstić information content (AvgIpc) is 2.44. The summed E-state index contributed by atoms with van der Waals surface area (Å²) >= 11 is 0. The molecular weight excluding hydrogens is 265 g/mol. The highest BCUT2D eigenvalue weighted by Gasteiger charge is 2.13. The molecule has 0 unspecified atom stereocenters. The predicted molar refractivity (Wildman–Crippen MR) is 72.4 cm³/mol. The Morgan fingerprint density at radius 2 is 1.55 bits per heavy atom. The number of aryl methyl sites for hydroxylation is 1. The average molecular weight is 280 g/mol. The van der Waals surface area contributed by atoms with Crippen molar-refractivity contribution >= 4 is 0 Å². The Morgan fingerprint density at radius 1 is 0.950 bits per heavy atom. The summed E-state index contributed by atoms with van der Waals surface area (Å²) in [6.45, 7) is 0.821. The van der Waals surface area contributed by atoms with Crippen LogP contribution in [0.25, 0.3) is 11.1 Å². The van der Waals surface area contributed by atoms with Gasteiger partial charge in [-0.25, -0.2) is 13.2 Å². The van der Waals surface area contributed by atoms with Crippen molar-refractivity contribution < 1.29 is 17.9 Å². The number of hydrogen-bond acceptors (Lipinski definition) is 1. The summed E-state index contributed by atoms with van der Waals surface area (Å²) in [5, 5.41) is 0. The highest BCUT2D eigenvalue weighted by molar-refractivity contribution is 5.65. The first-order chi connectivity index (χ1) is 9.65. The van der Waals surface area contributed by atoms with Gasteiger partial charge in [-0.15, -0.1) is 0 Å². The fourth-order valence-electron chi connectivity index (χ4n) is 2.07. The summed E-state index contributed by atoms with van der Waals surface area (Å²) in [6, 6.07) is 9.77. The van der Waals surface area contributed by atoms with Crippen molar-refractivity contribution in [3.63, 3.8) is 0 Å². The Balaban J connectivity index is 2.33. The molecule has 0 aliphatic heterocycles. The van der Waals surface area contributed by atoms with Crippen molar-refractivity contribution in [2.24, 2.45) is 0 Å². The SMILES string of the molecule is CCCc1ccc(-c2cc(F)c(OCF)c(F)c2)cc1. The van der Waals surface area contributed by atoms with E-state index >= 15 is 0 Å². The summed E-state index contributed by atoms with van der Waals surface area (Å²) < 4.78 is 43.6. The van der Waals surface area contributed by atoms with Gasteiger partial charge in [0.2, 0.25) is 6.86 Å². The molecule has 0 bridgehead atoms. The van der Waals surface area contributed by atoms with E-state index < -0.39 is 24.2 Å². The lowest BCUT2D eigenvalue weighted by Gasteiger charge is -2.08. The van der Waals surface area contributed by atoms with Crippen LogP contribution >= 0.6 is 0 Å². The number of rotatable bonds is 5. The topological polar surface area (TPSA) is 9.23 Å². The summed E-state index contributed by atoms with van der Waals surface area (Å²) in [4.78, 5) is 0. The quantitative estimate of drug-likeness (QED) is 0.757. The molecule has 2 rings (SSSR count). The normalized spacial score (nSPS) is 10.6. The van der Waals surface area contributed by atoms with E-state index in [1.165, 1.54) is 5.56 Å². The van der Waals surface area contributed by atoms with Crippen molar-refractivity contribution in [3.8, 4) is 16.9 Å². The van der Waals surface area contributed by atoms with E-state index in [1.807, 2.05) is 24.3 Å². The van der Waals surface area contributed by atoms with Crippen LogP contribution in [0.2, 0.25) is 0 Å². The van der Waals surface area contributed by atoms with Crippen molar-refractivity contribution in [2.45, 2.75) is 19.8 Å². The van der Waals surface area contributed by atoms with Gasteiger partial charge in [0.25, 0.3) is 0 Å². The summed E-state index contributed by atoms with van der Waals surface area (Å²) in [5.41, 5.74) is 2.28. The second kappa shape index (κ2) is 6.46. The zero-order valence-corrected chi connectivity index (χ0v) is 11.1. The highest BCUT2D eigenvalue weighted by atomic mass is 19.1. The third kappa shape index (κ3) is 3.13. The van der Waals surface area contributed by atoms with E-state index in [9.17, 15) is 13.2 Å². The maximum absolute atomic E-state index is 13.7. The first-order valence-corrected chi connectivity index (χ1v) is 6.42. The van der Waals surface area contributed by atoms with Crippen LogP contribution in [0.3, 0.4) is 0 Å². The molecule has 0 fully saturated rings. The van der Waals surface area contributed by atoms with Crippen LogP contribution in [0.1, 0.15) is 18.9 Å². The Kier molecular flexibility index (Phi) is 4.66. The Bertz CT molecular complexity index is 556. The van der Waals surface area contributed by atoms with Crippen LogP contribution in [0, 0.1) is 11.6 Å². The second-order valence-electron chi connectivity index (χ2n) is 4.47. The molecule has 0 atom stereocenters. The van der Waals surface area contributed by atoms with E-state index in [1.54, 1.807) is 0 Å².